The van der Waals surface area contributed by atoms with E-state index in [-0.39, 0.29) is 20.9 Å². The molecule has 1 aromatic heterocycles. The molecule has 0 unspecified atom stereocenters. The Labute approximate surface area is 131 Å². The maximum absolute atomic E-state index is 12.1. The van der Waals surface area contributed by atoms with Gasteiger partial charge in [-0.2, -0.15) is 0 Å². The standard InChI is InChI=1S/C11H8Cl3N3O2S/c1-6-2-9(13)10(3-8(6)12)17-20(18,19)7-4-15-11(14)16-5-7/h2-5,17H,1H3. The predicted octanol–water partition coefficient (Wildman–Crippen LogP) is 3.55. The van der Waals surface area contributed by atoms with E-state index in [9.17, 15) is 8.42 Å². The summed E-state index contributed by atoms with van der Waals surface area (Å²) in [6.07, 6.45) is 2.20. The van der Waals surface area contributed by atoms with Crippen LogP contribution in [0.5, 0.6) is 0 Å². The molecule has 2 aromatic rings. The highest BCUT2D eigenvalue weighted by atomic mass is 35.5. The first-order chi connectivity index (χ1) is 9.29. The summed E-state index contributed by atoms with van der Waals surface area (Å²) in [6.45, 7) is 1.76. The van der Waals surface area contributed by atoms with Crippen LogP contribution in [-0.2, 0) is 10.0 Å². The molecule has 0 bridgehead atoms. The Balaban J connectivity index is 2.38. The maximum atomic E-state index is 12.1. The van der Waals surface area contributed by atoms with E-state index < -0.39 is 10.0 Å². The zero-order valence-electron chi connectivity index (χ0n) is 10.1. The Morgan fingerprint density at radius 1 is 1.05 bits per heavy atom. The van der Waals surface area contributed by atoms with Crippen molar-refractivity contribution >= 4 is 50.5 Å². The highest BCUT2D eigenvalue weighted by Crippen LogP contribution is 2.30. The average molecular weight is 353 g/mol. The average Bonchev–Trinajstić information content (AvgIpc) is 2.36. The lowest BCUT2D eigenvalue weighted by Gasteiger charge is -2.10. The van der Waals surface area contributed by atoms with Crippen LogP contribution in [0, 0.1) is 6.92 Å². The van der Waals surface area contributed by atoms with Crippen LogP contribution in [0.15, 0.2) is 29.4 Å². The number of hydrogen-bond acceptors (Lipinski definition) is 4. The fraction of sp³-hybridized carbons (Fsp3) is 0.0909. The predicted molar refractivity (Wildman–Crippen MR) is 79.0 cm³/mol. The quantitative estimate of drug-likeness (QED) is 0.858. The summed E-state index contributed by atoms with van der Waals surface area (Å²) < 4.78 is 26.6. The molecule has 1 N–H and O–H groups in total. The number of hydrogen-bond donors (Lipinski definition) is 1. The van der Waals surface area contributed by atoms with Crippen molar-refractivity contribution in [3.63, 3.8) is 0 Å². The largest absolute Gasteiger partial charge is 0.278 e. The summed E-state index contributed by atoms with van der Waals surface area (Å²) in [5.74, 6) is 0. The number of nitrogens with zero attached hydrogens (tertiary/aromatic N) is 2. The first kappa shape index (κ1) is 15.3. The minimum absolute atomic E-state index is 0.0413. The van der Waals surface area contributed by atoms with Gasteiger partial charge in [-0.05, 0) is 36.2 Å². The van der Waals surface area contributed by atoms with Crippen molar-refractivity contribution in [3.05, 3.63) is 45.4 Å². The number of aryl methyl sites for hydroxylation is 1. The molecule has 0 atom stereocenters. The molecule has 0 spiro atoms. The third kappa shape index (κ3) is 3.32. The number of nitrogens with one attached hydrogen (secondary N) is 1. The first-order valence-corrected chi connectivity index (χ1v) is 7.87. The molecule has 2 rings (SSSR count). The number of aromatic nitrogens is 2. The van der Waals surface area contributed by atoms with E-state index >= 15 is 0 Å². The van der Waals surface area contributed by atoms with Gasteiger partial charge in [0.05, 0.1) is 23.1 Å². The van der Waals surface area contributed by atoms with E-state index in [1.807, 2.05) is 0 Å². The summed E-state index contributed by atoms with van der Waals surface area (Å²) >= 11 is 17.4. The topological polar surface area (TPSA) is 72.0 Å². The van der Waals surface area contributed by atoms with E-state index in [1.54, 1.807) is 13.0 Å². The Morgan fingerprint density at radius 2 is 1.65 bits per heavy atom. The summed E-state index contributed by atoms with van der Waals surface area (Å²) in [4.78, 5) is 7.10. The minimum atomic E-state index is -3.86. The molecule has 0 aliphatic carbocycles. The molecular weight excluding hydrogens is 345 g/mol. The third-order valence-corrected chi connectivity index (χ3v) is 4.63. The van der Waals surface area contributed by atoms with Crippen molar-refractivity contribution in [3.8, 4) is 0 Å². The summed E-state index contributed by atoms with van der Waals surface area (Å²) in [6, 6.07) is 3.01. The number of sulfonamides is 1. The smallest absolute Gasteiger partial charge is 0.265 e. The Hall–Kier alpha value is -1.08. The second-order valence-electron chi connectivity index (χ2n) is 3.87. The van der Waals surface area contributed by atoms with E-state index in [4.69, 9.17) is 34.8 Å². The van der Waals surface area contributed by atoms with Crippen LogP contribution < -0.4 is 4.72 Å². The monoisotopic (exact) mass is 351 g/mol. The maximum Gasteiger partial charge on any atom is 0.265 e. The summed E-state index contributed by atoms with van der Waals surface area (Å²) in [5, 5.41) is 0.602. The molecule has 0 fully saturated rings. The van der Waals surface area contributed by atoms with Gasteiger partial charge >= 0.3 is 0 Å². The number of rotatable bonds is 3. The molecular formula is C11H8Cl3N3O2S. The second-order valence-corrected chi connectivity index (χ2v) is 6.71. The summed E-state index contributed by atoms with van der Waals surface area (Å²) in [5.41, 5.74) is 0.923. The van der Waals surface area contributed by atoms with Gasteiger partial charge in [0.1, 0.15) is 4.90 Å². The van der Waals surface area contributed by atoms with Crippen molar-refractivity contribution in [2.75, 3.05) is 4.72 Å². The Morgan fingerprint density at radius 3 is 2.25 bits per heavy atom. The molecule has 0 amide bonds. The zero-order valence-corrected chi connectivity index (χ0v) is 13.1. The molecule has 20 heavy (non-hydrogen) atoms. The molecule has 0 saturated heterocycles. The van der Waals surface area contributed by atoms with Crippen LogP contribution in [0.4, 0.5) is 5.69 Å². The summed E-state index contributed by atoms with van der Waals surface area (Å²) in [7, 11) is -3.86. The van der Waals surface area contributed by atoms with Crippen LogP contribution in [0.3, 0.4) is 0 Å². The van der Waals surface area contributed by atoms with Gasteiger partial charge in [-0.3, -0.25) is 4.72 Å². The van der Waals surface area contributed by atoms with Crippen molar-refractivity contribution in [1.82, 2.24) is 9.97 Å². The molecule has 0 aliphatic rings. The third-order valence-electron chi connectivity index (χ3n) is 2.40. The first-order valence-electron chi connectivity index (χ1n) is 5.25. The van der Waals surface area contributed by atoms with Gasteiger partial charge in [-0.1, -0.05) is 23.2 Å². The second kappa shape index (κ2) is 5.73. The van der Waals surface area contributed by atoms with Crippen LogP contribution in [-0.4, -0.2) is 18.4 Å². The van der Waals surface area contributed by atoms with Crippen molar-refractivity contribution in [2.45, 2.75) is 11.8 Å². The van der Waals surface area contributed by atoms with Crippen molar-refractivity contribution < 1.29 is 8.42 Å². The number of anilines is 1. The molecule has 1 aromatic carbocycles. The van der Waals surface area contributed by atoms with Crippen LogP contribution in [0.25, 0.3) is 0 Å². The number of benzene rings is 1. The zero-order chi connectivity index (χ0) is 14.9. The SMILES string of the molecule is Cc1cc(Cl)c(NS(=O)(=O)c2cnc(Cl)nc2)cc1Cl. The van der Waals surface area contributed by atoms with Gasteiger partial charge in [0.25, 0.3) is 10.0 Å². The van der Waals surface area contributed by atoms with E-state index in [1.165, 1.54) is 6.07 Å². The lowest BCUT2D eigenvalue weighted by atomic mass is 10.2. The van der Waals surface area contributed by atoms with E-state index in [2.05, 4.69) is 14.7 Å². The minimum Gasteiger partial charge on any atom is -0.278 e. The van der Waals surface area contributed by atoms with Crippen molar-refractivity contribution in [2.24, 2.45) is 0 Å². The van der Waals surface area contributed by atoms with Gasteiger partial charge < -0.3 is 0 Å². The van der Waals surface area contributed by atoms with E-state index in [0.29, 0.717) is 5.02 Å². The molecule has 1 heterocycles. The molecule has 0 radical (unpaired) electrons. The highest BCUT2D eigenvalue weighted by Gasteiger charge is 2.17. The van der Waals surface area contributed by atoms with Crippen LogP contribution in [0.2, 0.25) is 15.3 Å². The lowest BCUT2D eigenvalue weighted by molar-refractivity contribution is 0.600. The van der Waals surface area contributed by atoms with Gasteiger partial charge in [-0.15, -0.1) is 0 Å². The molecule has 0 aliphatic heterocycles. The Kier molecular flexibility index (Phi) is 4.39. The van der Waals surface area contributed by atoms with Crippen molar-refractivity contribution in [1.29, 1.82) is 0 Å². The molecule has 9 heteroatoms. The van der Waals surface area contributed by atoms with Gasteiger partial charge in [0.2, 0.25) is 5.28 Å². The van der Waals surface area contributed by atoms with Gasteiger partial charge in [0, 0.05) is 5.02 Å². The van der Waals surface area contributed by atoms with Gasteiger partial charge in [-0.25, -0.2) is 18.4 Å². The molecule has 5 nitrogen and oxygen atoms in total. The fourth-order valence-electron chi connectivity index (χ4n) is 1.37. The Bertz CT molecular complexity index is 748. The molecule has 0 saturated carbocycles. The highest BCUT2D eigenvalue weighted by molar-refractivity contribution is 7.92. The molecule has 106 valence electrons. The normalized spacial score (nSPS) is 11.4. The fourth-order valence-corrected chi connectivity index (χ4v) is 2.91. The number of halogens is 3. The van der Waals surface area contributed by atoms with E-state index in [0.717, 1.165) is 18.0 Å². The van der Waals surface area contributed by atoms with Gasteiger partial charge in [0.15, 0.2) is 0 Å². The lowest BCUT2D eigenvalue weighted by Crippen LogP contribution is -2.14. The van der Waals surface area contributed by atoms with Crippen LogP contribution in [0.1, 0.15) is 5.56 Å². The van der Waals surface area contributed by atoms with Crippen LogP contribution >= 0.6 is 34.8 Å².